The predicted octanol–water partition coefficient (Wildman–Crippen LogP) is 0.0666. The van der Waals surface area contributed by atoms with Crippen LogP contribution in [0.1, 0.15) is 12.8 Å². The summed E-state index contributed by atoms with van der Waals surface area (Å²) in [6, 6.07) is -1.02. The number of aliphatic carboxylic acids is 1. The summed E-state index contributed by atoms with van der Waals surface area (Å²) in [4.78, 5) is 24.3. The molecule has 0 aromatic rings. The number of nitrogens with one attached hydrogen (secondary N) is 1. The first-order valence-corrected chi connectivity index (χ1v) is 8.45. The van der Waals surface area contributed by atoms with Crippen LogP contribution in [0.4, 0.5) is 4.79 Å². The van der Waals surface area contributed by atoms with Gasteiger partial charge in [0.05, 0.1) is 5.88 Å². The van der Waals surface area contributed by atoms with Crippen molar-refractivity contribution < 1.29 is 18.9 Å². The molecule has 2 saturated heterocycles. The lowest BCUT2D eigenvalue weighted by molar-refractivity contribution is -0.140. The Morgan fingerprint density at radius 1 is 1.33 bits per heavy atom. The zero-order valence-electron chi connectivity index (χ0n) is 9.83. The van der Waals surface area contributed by atoms with Gasteiger partial charge in [0, 0.05) is 34.1 Å². The molecule has 18 heavy (non-hydrogen) atoms. The van der Waals surface area contributed by atoms with E-state index in [1.165, 1.54) is 16.7 Å². The van der Waals surface area contributed by atoms with Gasteiger partial charge in [-0.15, -0.1) is 11.8 Å². The van der Waals surface area contributed by atoms with Crippen LogP contribution in [0.5, 0.6) is 0 Å². The number of rotatable bonds is 2. The number of carbonyl (C=O) groups is 2. The van der Waals surface area contributed by atoms with Crippen molar-refractivity contribution in [2.45, 2.75) is 24.9 Å². The summed E-state index contributed by atoms with van der Waals surface area (Å²) in [5.74, 6) is 1.13. The first-order valence-electron chi connectivity index (χ1n) is 5.80. The van der Waals surface area contributed by atoms with Gasteiger partial charge in [0.2, 0.25) is 0 Å². The van der Waals surface area contributed by atoms with Crippen LogP contribution in [0.2, 0.25) is 0 Å². The van der Waals surface area contributed by atoms with E-state index in [4.69, 9.17) is 5.11 Å². The highest BCUT2D eigenvalue weighted by atomic mass is 32.2. The quantitative estimate of drug-likeness (QED) is 0.752. The van der Waals surface area contributed by atoms with Crippen LogP contribution in [0.3, 0.4) is 0 Å². The molecule has 6 nitrogen and oxygen atoms in total. The maximum absolute atomic E-state index is 12.0. The first-order chi connectivity index (χ1) is 8.58. The Labute approximate surface area is 112 Å². The lowest BCUT2D eigenvalue weighted by atomic mass is 10.1. The van der Waals surface area contributed by atoms with E-state index in [9.17, 15) is 13.8 Å². The zero-order chi connectivity index (χ0) is 13.1. The summed E-state index contributed by atoms with van der Waals surface area (Å²) in [6.07, 6.45) is 1.41. The molecule has 2 aliphatic rings. The van der Waals surface area contributed by atoms with Crippen molar-refractivity contribution in [3.05, 3.63) is 0 Å². The number of carboxylic acid groups (broad SMARTS) is 1. The smallest absolute Gasteiger partial charge is 0.327 e. The number of hydrogen-bond donors (Lipinski definition) is 2. The van der Waals surface area contributed by atoms with Gasteiger partial charge in [-0.25, -0.2) is 9.59 Å². The van der Waals surface area contributed by atoms with Crippen LogP contribution in [0, 0.1) is 0 Å². The second kappa shape index (κ2) is 5.92. The van der Waals surface area contributed by atoms with Gasteiger partial charge in [-0.1, -0.05) is 0 Å². The van der Waals surface area contributed by atoms with Crippen LogP contribution >= 0.6 is 11.8 Å². The predicted molar refractivity (Wildman–Crippen MR) is 70.0 cm³/mol. The number of carbonyl (C=O) groups excluding carboxylic acids is 1. The molecule has 0 unspecified atom stereocenters. The fourth-order valence-corrected chi connectivity index (χ4v) is 4.49. The van der Waals surface area contributed by atoms with E-state index in [1.807, 2.05) is 0 Å². The molecule has 0 saturated carbocycles. The van der Waals surface area contributed by atoms with Gasteiger partial charge in [0.1, 0.15) is 6.04 Å². The molecule has 0 aliphatic carbocycles. The lowest BCUT2D eigenvalue weighted by Gasteiger charge is -2.27. The number of urea groups is 1. The second-order valence-corrected chi connectivity index (χ2v) is 7.09. The average molecular weight is 292 g/mol. The molecule has 8 heteroatoms. The third-order valence-corrected chi connectivity index (χ3v) is 5.54. The van der Waals surface area contributed by atoms with Crippen molar-refractivity contribution in [3.63, 3.8) is 0 Å². The highest BCUT2D eigenvalue weighted by Crippen LogP contribution is 2.21. The summed E-state index contributed by atoms with van der Waals surface area (Å²) in [5, 5.41) is 11.8. The summed E-state index contributed by atoms with van der Waals surface area (Å²) >= 11 is 1.44. The molecule has 2 N–H and O–H groups in total. The first kappa shape index (κ1) is 13.7. The van der Waals surface area contributed by atoms with E-state index in [-0.39, 0.29) is 12.1 Å². The third-order valence-electron chi connectivity index (χ3n) is 3.14. The molecular weight excluding hydrogens is 276 g/mol. The SMILES string of the molecule is O=C(O)[C@@H]1CSCN1C(=O)NC1CCS(=O)CC1. The molecule has 2 fully saturated rings. The van der Waals surface area contributed by atoms with Crippen molar-refractivity contribution >= 4 is 34.6 Å². The Balaban J connectivity index is 1.87. The van der Waals surface area contributed by atoms with Crippen molar-refractivity contribution in [1.82, 2.24) is 10.2 Å². The molecule has 0 spiro atoms. The van der Waals surface area contributed by atoms with Crippen LogP contribution in [0.15, 0.2) is 0 Å². The summed E-state index contributed by atoms with van der Waals surface area (Å²) in [6.45, 7) is 0. The number of nitrogens with zero attached hydrogens (tertiary/aromatic N) is 1. The van der Waals surface area contributed by atoms with E-state index in [1.54, 1.807) is 0 Å². The fraction of sp³-hybridized carbons (Fsp3) is 0.800. The van der Waals surface area contributed by atoms with Gasteiger partial charge in [-0.3, -0.25) is 4.21 Å². The Morgan fingerprint density at radius 2 is 2.00 bits per heavy atom. The molecule has 0 aromatic carbocycles. The van der Waals surface area contributed by atoms with Gasteiger partial charge in [-0.05, 0) is 12.8 Å². The maximum Gasteiger partial charge on any atom is 0.327 e. The standard InChI is InChI=1S/C10H16N2O4S2/c13-9(14)8-5-17-6-12(8)10(15)11-7-1-3-18(16)4-2-7/h7-8H,1-6H2,(H,11,15)(H,13,14)/t7?,8-,18?/m0/s1. The monoisotopic (exact) mass is 292 g/mol. The Kier molecular flexibility index (Phi) is 4.50. The van der Waals surface area contributed by atoms with E-state index >= 15 is 0 Å². The normalized spacial score (nSPS) is 32.2. The van der Waals surface area contributed by atoms with E-state index in [0.29, 0.717) is 36.0 Å². The van der Waals surface area contributed by atoms with Crippen molar-refractivity contribution in [2.24, 2.45) is 0 Å². The minimum Gasteiger partial charge on any atom is -0.480 e. The average Bonchev–Trinajstić information content (AvgIpc) is 2.81. The van der Waals surface area contributed by atoms with Crippen LogP contribution < -0.4 is 5.32 Å². The van der Waals surface area contributed by atoms with Crippen LogP contribution in [-0.2, 0) is 15.6 Å². The van der Waals surface area contributed by atoms with Gasteiger partial charge in [0.15, 0.2) is 0 Å². The van der Waals surface area contributed by atoms with Crippen molar-refractivity contribution in [3.8, 4) is 0 Å². The van der Waals surface area contributed by atoms with E-state index in [0.717, 1.165) is 0 Å². The van der Waals surface area contributed by atoms with Gasteiger partial charge >= 0.3 is 12.0 Å². The molecule has 2 amide bonds. The molecule has 1 atom stereocenters. The summed E-state index contributed by atoms with van der Waals surface area (Å²) in [7, 11) is -0.755. The van der Waals surface area contributed by atoms with Gasteiger partial charge in [0.25, 0.3) is 0 Å². The Hall–Kier alpha value is -0.760. The highest BCUT2D eigenvalue weighted by molar-refractivity contribution is 7.99. The van der Waals surface area contributed by atoms with Crippen LogP contribution in [0.25, 0.3) is 0 Å². The molecule has 0 bridgehead atoms. The van der Waals surface area contributed by atoms with E-state index < -0.39 is 22.8 Å². The topological polar surface area (TPSA) is 86.7 Å². The molecule has 0 radical (unpaired) electrons. The zero-order valence-corrected chi connectivity index (χ0v) is 11.5. The fourth-order valence-electron chi connectivity index (χ4n) is 2.04. The molecule has 2 rings (SSSR count). The largest absolute Gasteiger partial charge is 0.480 e. The highest BCUT2D eigenvalue weighted by Gasteiger charge is 2.35. The lowest BCUT2D eigenvalue weighted by Crippen LogP contribution is -2.50. The van der Waals surface area contributed by atoms with Gasteiger partial charge in [-0.2, -0.15) is 0 Å². The van der Waals surface area contributed by atoms with E-state index in [2.05, 4.69) is 5.32 Å². The molecule has 0 aromatic heterocycles. The number of thioether (sulfide) groups is 1. The molecule has 2 heterocycles. The minimum absolute atomic E-state index is 0.0234. The Morgan fingerprint density at radius 3 is 2.61 bits per heavy atom. The molecule has 102 valence electrons. The van der Waals surface area contributed by atoms with Crippen molar-refractivity contribution in [2.75, 3.05) is 23.1 Å². The number of hydrogen-bond acceptors (Lipinski definition) is 4. The van der Waals surface area contributed by atoms with Crippen molar-refractivity contribution in [1.29, 1.82) is 0 Å². The second-order valence-electron chi connectivity index (χ2n) is 4.40. The van der Waals surface area contributed by atoms with Crippen LogP contribution in [-0.4, -0.2) is 61.4 Å². The summed E-state index contributed by atoms with van der Waals surface area (Å²) in [5.41, 5.74) is 0. The maximum atomic E-state index is 12.0. The molecular formula is C10H16N2O4S2. The Bertz CT molecular complexity index is 367. The molecule has 2 aliphatic heterocycles. The summed E-state index contributed by atoms with van der Waals surface area (Å²) < 4.78 is 11.2. The third kappa shape index (κ3) is 3.17. The number of carboxylic acids is 1. The van der Waals surface area contributed by atoms with Gasteiger partial charge < -0.3 is 15.3 Å². The minimum atomic E-state index is -0.958. The number of amides is 2.